The van der Waals surface area contributed by atoms with Gasteiger partial charge in [0.05, 0.1) is 28.6 Å². The van der Waals surface area contributed by atoms with Crippen LogP contribution in [0.15, 0.2) is 42.5 Å². The van der Waals surface area contributed by atoms with Gasteiger partial charge in [0.25, 0.3) is 0 Å². The van der Waals surface area contributed by atoms with Gasteiger partial charge in [-0.2, -0.15) is 0 Å². The molecule has 0 saturated carbocycles. The average Bonchev–Trinajstić information content (AvgIpc) is 2.67. The van der Waals surface area contributed by atoms with E-state index >= 15 is 0 Å². The maximum absolute atomic E-state index is 11.5. The van der Waals surface area contributed by atoms with E-state index < -0.39 is 5.97 Å². The van der Waals surface area contributed by atoms with Crippen molar-refractivity contribution in [3.8, 4) is 5.75 Å². The van der Waals surface area contributed by atoms with Crippen LogP contribution in [0.5, 0.6) is 5.75 Å². The highest BCUT2D eigenvalue weighted by Crippen LogP contribution is 2.36. The number of nitrogens with zero attached hydrogens (tertiary/aromatic N) is 1. The van der Waals surface area contributed by atoms with Crippen LogP contribution in [0.4, 0.5) is 0 Å². The largest absolute Gasteiger partial charge is 0.494 e. The van der Waals surface area contributed by atoms with E-state index in [2.05, 4.69) is 4.90 Å². The first kappa shape index (κ1) is 20.0. The molecular weight excluding hydrogens is 385 g/mol. The first-order valence-electron chi connectivity index (χ1n) is 9.14. The number of ether oxygens (including phenoxy) is 1. The first-order chi connectivity index (χ1) is 13.0. The zero-order valence-electron chi connectivity index (χ0n) is 15.2. The molecule has 1 N–H and O–H groups in total. The van der Waals surface area contributed by atoms with Crippen LogP contribution >= 0.6 is 23.2 Å². The number of hydrogen-bond acceptors (Lipinski definition) is 3. The highest BCUT2D eigenvalue weighted by molar-refractivity contribution is 6.42. The highest BCUT2D eigenvalue weighted by atomic mass is 35.5. The topological polar surface area (TPSA) is 49.8 Å². The van der Waals surface area contributed by atoms with Crippen LogP contribution in [0.3, 0.4) is 0 Å². The molecule has 2 aromatic carbocycles. The Morgan fingerprint density at radius 1 is 1.19 bits per heavy atom. The predicted octanol–water partition coefficient (Wildman–Crippen LogP) is 5.28. The maximum atomic E-state index is 11.5. The van der Waals surface area contributed by atoms with Gasteiger partial charge < -0.3 is 9.84 Å². The van der Waals surface area contributed by atoms with Gasteiger partial charge in [-0.1, -0.05) is 41.4 Å². The Morgan fingerprint density at radius 2 is 1.89 bits per heavy atom. The molecule has 0 amide bonds. The molecule has 2 atom stereocenters. The third-order valence-corrected chi connectivity index (χ3v) is 5.67. The van der Waals surface area contributed by atoms with Crippen molar-refractivity contribution in [1.29, 1.82) is 0 Å². The number of carboxylic acid groups (broad SMARTS) is 1. The van der Waals surface area contributed by atoms with Crippen molar-refractivity contribution in [1.82, 2.24) is 4.90 Å². The zero-order chi connectivity index (χ0) is 19.4. The fraction of sp³-hybridized carbons (Fsp3) is 0.381. The number of halogens is 2. The van der Waals surface area contributed by atoms with Gasteiger partial charge in [0.1, 0.15) is 5.75 Å². The van der Waals surface area contributed by atoms with E-state index in [1.165, 1.54) is 0 Å². The number of piperidine rings is 1. The normalized spacial score (nSPS) is 18.9. The summed E-state index contributed by atoms with van der Waals surface area (Å²) in [7, 11) is 0. The second kappa shape index (κ2) is 8.96. The molecule has 0 aliphatic carbocycles. The minimum absolute atomic E-state index is 0.0856. The summed E-state index contributed by atoms with van der Waals surface area (Å²) in [6, 6.07) is 13.5. The van der Waals surface area contributed by atoms with Gasteiger partial charge in [0, 0.05) is 6.54 Å². The van der Waals surface area contributed by atoms with E-state index in [9.17, 15) is 9.90 Å². The molecule has 1 aliphatic rings. The Kier molecular flexibility index (Phi) is 6.64. The number of carbonyl (C=O) groups is 1. The SMILES string of the molecule is CCOc1ccc(C(c2ccc(Cl)c(Cl)c2)N2CCCC(C(=O)O)C2)cc1. The van der Waals surface area contributed by atoms with Crippen LogP contribution in [-0.4, -0.2) is 35.7 Å². The first-order valence-corrected chi connectivity index (χ1v) is 9.89. The number of rotatable bonds is 6. The van der Waals surface area contributed by atoms with Crippen molar-refractivity contribution in [2.75, 3.05) is 19.7 Å². The van der Waals surface area contributed by atoms with Crippen LogP contribution < -0.4 is 4.74 Å². The third-order valence-electron chi connectivity index (χ3n) is 4.93. The van der Waals surface area contributed by atoms with Gasteiger partial charge in [-0.3, -0.25) is 9.69 Å². The van der Waals surface area contributed by atoms with Gasteiger partial charge in [-0.15, -0.1) is 0 Å². The lowest BCUT2D eigenvalue weighted by atomic mass is 9.91. The van der Waals surface area contributed by atoms with Crippen LogP contribution in [-0.2, 0) is 4.79 Å². The Bertz CT molecular complexity index is 795. The van der Waals surface area contributed by atoms with E-state index in [4.69, 9.17) is 27.9 Å². The standard InChI is InChI=1S/C21H23Cl2NO3/c1-2-27-17-8-5-14(6-9-17)20(15-7-10-18(22)19(23)12-15)24-11-3-4-16(13-24)21(25)26/h5-10,12,16,20H,2-4,11,13H2,1H3,(H,25,26). The second-order valence-corrected chi connectivity index (χ2v) is 7.56. The lowest BCUT2D eigenvalue weighted by Crippen LogP contribution is -2.41. The number of benzene rings is 2. The molecule has 2 unspecified atom stereocenters. The van der Waals surface area contributed by atoms with Gasteiger partial charge in [-0.25, -0.2) is 0 Å². The van der Waals surface area contributed by atoms with E-state index in [-0.39, 0.29) is 12.0 Å². The van der Waals surface area contributed by atoms with Gasteiger partial charge >= 0.3 is 5.97 Å². The molecule has 3 rings (SSSR count). The Hall–Kier alpha value is -1.75. The quantitative estimate of drug-likeness (QED) is 0.707. The molecule has 0 bridgehead atoms. The van der Waals surface area contributed by atoms with E-state index in [0.717, 1.165) is 29.8 Å². The molecule has 4 nitrogen and oxygen atoms in total. The molecule has 0 spiro atoms. The zero-order valence-corrected chi connectivity index (χ0v) is 16.7. The molecule has 27 heavy (non-hydrogen) atoms. The average molecular weight is 408 g/mol. The van der Waals surface area contributed by atoms with Crippen LogP contribution in [0.2, 0.25) is 10.0 Å². The van der Waals surface area contributed by atoms with Crippen molar-refractivity contribution in [2.24, 2.45) is 5.92 Å². The predicted molar refractivity (Wildman–Crippen MR) is 108 cm³/mol. The number of aliphatic carboxylic acids is 1. The monoisotopic (exact) mass is 407 g/mol. The van der Waals surface area contributed by atoms with Crippen LogP contribution in [0.25, 0.3) is 0 Å². The Morgan fingerprint density at radius 3 is 2.52 bits per heavy atom. The molecule has 1 saturated heterocycles. The molecule has 144 valence electrons. The van der Waals surface area contributed by atoms with E-state index in [1.807, 2.05) is 43.3 Å². The number of carboxylic acids is 1. The minimum atomic E-state index is -0.737. The van der Waals surface area contributed by atoms with Gasteiger partial charge in [0.15, 0.2) is 0 Å². The van der Waals surface area contributed by atoms with Gasteiger partial charge in [-0.05, 0) is 61.7 Å². The van der Waals surface area contributed by atoms with E-state index in [0.29, 0.717) is 29.6 Å². The summed E-state index contributed by atoms with van der Waals surface area (Å²) in [6.07, 6.45) is 1.56. The molecule has 1 aliphatic heterocycles. The Labute approximate surface area is 169 Å². The summed E-state index contributed by atoms with van der Waals surface area (Å²) < 4.78 is 5.55. The van der Waals surface area contributed by atoms with Crippen molar-refractivity contribution in [2.45, 2.75) is 25.8 Å². The van der Waals surface area contributed by atoms with Crippen molar-refractivity contribution in [3.05, 3.63) is 63.6 Å². The molecule has 0 aromatic heterocycles. The summed E-state index contributed by atoms with van der Waals surface area (Å²) in [5, 5.41) is 10.5. The van der Waals surface area contributed by atoms with Crippen molar-refractivity contribution < 1.29 is 14.6 Å². The third kappa shape index (κ3) is 4.75. The summed E-state index contributed by atoms with van der Waals surface area (Å²) >= 11 is 12.4. The van der Waals surface area contributed by atoms with E-state index in [1.54, 1.807) is 6.07 Å². The minimum Gasteiger partial charge on any atom is -0.494 e. The summed E-state index contributed by atoms with van der Waals surface area (Å²) in [4.78, 5) is 13.7. The fourth-order valence-corrected chi connectivity index (χ4v) is 3.96. The van der Waals surface area contributed by atoms with Crippen molar-refractivity contribution in [3.63, 3.8) is 0 Å². The summed E-state index contributed by atoms with van der Waals surface area (Å²) in [5.41, 5.74) is 2.07. The van der Waals surface area contributed by atoms with Crippen molar-refractivity contribution >= 4 is 29.2 Å². The molecule has 1 heterocycles. The highest BCUT2D eigenvalue weighted by Gasteiger charge is 2.31. The van der Waals surface area contributed by atoms with Crippen LogP contribution in [0, 0.1) is 5.92 Å². The Balaban J connectivity index is 1.97. The lowest BCUT2D eigenvalue weighted by molar-refractivity contribution is -0.143. The van der Waals surface area contributed by atoms with Crippen LogP contribution in [0.1, 0.15) is 36.9 Å². The summed E-state index contributed by atoms with van der Waals surface area (Å²) in [5.74, 6) is -0.276. The molecule has 6 heteroatoms. The number of likely N-dealkylation sites (tertiary alicyclic amines) is 1. The lowest BCUT2D eigenvalue weighted by Gasteiger charge is -2.37. The number of hydrogen-bond donors (Lipinski definition) is 1. The molecule has 1 fully saturated rings. The molecular formula is C21H23Cl2NO3. The molecule has 0 radical (unpaired) electrons. The summed E-state index contributed by atoms with van der Waals surface area (Å²) in [6.45, 7) is 3.91. The maximum Gasteiger partial charge on any atom is 0.307 e. The smallest absolute Gasteiger partial charge is 0.307 e. The second-order valence-electron chi connectivity index (χ2n) is 6.75. The fourth-order valence-electron chi connectivity index (χ4n) is 3.65. The van der Waals surface area contributed by atoms with Gasteiger partial charge in [0.2, 0.25) is 0 Å². The molecule has 2 aromatic rings.